The third-order valence-corrected chi connectivity index (χ3v) is 3.17. The maximum Gasteiger partial charge on any atom is 0.322 e. The average Bonchev–Trinajstić information content (AvgIpc) is 2.47. The van der Waals surface area contributed by atoms with Crippen LogP contribution < -0.4 is 5.73 Å². The van der Waals surface area contributed by atoms with Gasteiger partial charge in [-0.3, -0.25) is 9.59 Å². The van der Waals surface area contributed by atoms with E-state index >= 15 is 0 Å². The Morgan fingerprint density at radius 3 is 2.56 bits per heavy atom. The summed E-state index contributed by atoms with van der Waals surface area (Å²) >= 11 is 0. The minimum absolute atomic E-state index is 0.0108. The van der Waals surface area contributed by atoms with Gasteiger partial charge in [-0.05, 0) is 11.3 Å². The molecular formula is C11H20N2O3. The fourth-order valence-corrected chi connectivity index (χ4v) is 1.84. The molecule has 1 fully saturated rings. The first-order valence-corrected chi connectivity index (χ1v) is 5.48. The molecule has 16 heavy (non-hydrogen) atoms. The van der Waals surface area contributed by atoms with Crippen LogP contribution in [0.3, 0.4) is 0 Å². The zero-order chi connectivity index (χ0) is 12.5. The van der Waals surface area contributed by atoms with E-state index in [2.05, 4.69) is 20.8 Å². The summed E-state index contributed by atoms with van der Waals surface area (Å²) in [6, 6.07) is -0.984. The molecule has 0 aromatic carbocycles. The van der Waals surface area contributed by atoms with Crippen molar-refractivity contribution in [2.75, 3.05) is 13.1 Å². The van der Waals surface area contributed by atoms with Gasteiger partial charge in [0.1, 0.15) is 6.04 Å². The molecule has 5 nitrogen and oxygen atoms in total. The highest BCUT2D eigenvalue weighted by Crippen LogP contribution is 2.34. The molecule has 0 aliphatic carbocycles. The van der Waals surface area contributed by atoms with Crippen LogP contribution >= 0.6 is 0 Å². The van der Waals surface area contributed by atoms with E-state index < -0.39 is 12.0 Å². The maximum atomic E-state index is 11.7. The maximum absolute atomic E-state index is 11.7. The van der Waals surface area contributed by atoms with Crippen molar-refractivity contribution in [3.8, 4) is 0 Å². The van der Waals surface area contributed by atoms with Crippen LogP contribution in [0.25, 0.3) is 0 Å². The van der Waals surface area contributed by atoms with E-state index in [1.54, 1.807) is 4.90 Å². The van der Waals surface area contributed by atoms with Gasteiger partial charge < -0.3 is 15.7 Å². The number of carboxylic acid groups (broad SMARTS) is 1. The standard InChI is InChI=1S/C11H20N2O3/c1-11(2,3)7-4-9(14)13(5-7)6-8(12)10(15)16/h7-8H,4-6,12H2,1-3H3,(H,15,16). The summed E-state index contributed by atoms with van der Waals surface area (Å²) in [6.07, 6.45) is 0.496. The molecule has 1 aliphatic rings. The Morgan fingerprint density at radius 1 is 1.62 bits per heavy atom. The monoisotopic (exact) mass is 228 g/mol. The predicted molar refractivity (Wildman–Crippen MR) is 59.8 cm³/mol. The molecule has 1 amide bonds. The number of carbonyl (C=O) groups is 2. The number of nitrogens with zero attached hydrogens (tertiary/aromatic N) is 1. The lowest BCUT2D eigenvalue weighted by molar-refractivity contribution is -0.139. The molecule has 3 N–H and O–H groups in total. The van der Waals surface area contributed by atoms with Gasteiger partial charge in [0.05, 0.1) is 0 Å². The molecule has 1 heterocycles. The van der Waals surface area contributed by atoms with Crippen molar-refractivity contribution in [3.63, 3.8) is 0 Å². The van der Waals surface area contributed by atoms with Crippen molar-refractivity contribution in [2.24, 2.45) is 17.1 Å². The Labute approximate surface area is 95.6 Å². The molecule has 1 rings (SSSR count). The lowest BCUT2D eigenvalue weighted by atomic mass is 9.80. The van der Waals surface area contributed by atoms with Crippen molar-refractivity contribution < 1.29 is 14.7 Å². The lowest BCUT2D eigenvalue weighted by Gasteiger charge is -2.26. The van der Waals surface area contributed by atoms with Gasteiger partial charge in [-0.25, -0.2) is 0 Å². The summed E-state index contributed by atoms with van der Waals surface area (Å²) in [5.41, 5.74) is 5.49. The van der Waals surface area contributed by atoms with Gasteiger partial charge >= 0.3 is 5.97 Å². The van der Waals surface area contributed by atoms with Crippen molar-refractivity contribution in [1.29, 1.82) is 0 Å². The van der Waals surface area contributed by atoms with E-state index in [0.717, 1.165) is 0 Å². The molecule has 0 saturated carbocycles. The molecule has 1 aliphatic heterocycles. The lowest BCUT2D eigenvalue weighted by Crippen LogP contribution is -2.43. The van der Waals surface area contributed by atoms with Gasteiger partial charge in [-0.2, -0.15) is 0 Å². The average molecular weight is 228 g/mol. The van der Waals surface area contributed by atoms with Crippen LogP contribution in [0.15, 0.2) is 0 Å². The van der Waals surface area contributed by atoms with E-state index in [1.807, 2.05) is 0 Å². The highest BCUT2D eigenvalue weighted by Gasteiger charge is 2.37. The molecule has 0 aromatic heterocycles. The first kappa shape index (κ1) is 13.0. The second kappa shape index (κ2) is 4.41. The minimum Gasteiger partial charge on any atom is -0.480 e. The number of carboxylic acids is 1. The highest BCUT2D eigenvalue weighted by atomic mass is 16.4. The molecule has 2 unspecified atom stereocenters. The summed E-state index contributed by atoms with van der Waals surface area (Å²) in [4.78, 5) is 23.8. The highest BCUT2D eigenvalue weighted by molar-refractivity contribution is 5.80. The van der Waals surface area contributed by atoms with Gasteiger partial charge in [0.2, 0.25) is 5.91 Å². The van der Waals surface area contributed by atoms with Crippen molar-refractivity contribution in [2.45, 2.75) is 33.2 Å². The first-order chi connectivity index (χ1) is 7.21. The SMILES string of the molecule is CC(C)(C)C1CC(=O)N(CC(N)C(=O)O)C1. The molecular weight excluding hydrogens is 208 g/mol. The van der Waals surface area contributed by atoms with Gasteiger partial charge in [0, 0.05) is 19.5 Å². The second-order valence-corrected chi connectivity index (χ2v) is 5.51. The molecule has 0 bridgehead atoms. The first-order valence-electron chi connectivity index (χ1n) is 5.48. The normalized spacial score (nSPS) is 23.6. The molecule has 92 valence electrons. The Morgan fingerprint density at radius 2 is 2.19 bits per heavy atom. The fraction of sp³-hybridized carbons (Fsp3) is 0.818. The van der Waals surface area contributed by atoms with E-state index in [-0.39, 0.29) is 23.8 Å². The van der Waals surface area contributed by atoms with Crippen LogP contribution in [-0.2, 0) is 9.59 Å². The number of likely N-dealkylation sites (tertiary alicyclic amines) is 1. The van der Waals surface area contributed by atoms with E-state index in [1.165, 1.54) is 0 Å². The topological polar surface area (TPSA) is 83.6 Å². The predicted octanol–water partition coefficient (Wildman–Crippen LogP) is 0.293. The number of nitrogens with two attached hydrogens (primary N) is 1. The molecule has 2 atom stereocenters. The molecule has 0 aromatic rings. The smallest absolute Gasteiger partial charge is 0.322 e. The summed E-state index contributed by atoms with van der Waals surface area (Å²) < 4.78 is 0. The summed E-state index contributed by atoms with van der Waals surface area (Å²) in [6.45, 7) is 6.99. The van der Waals surface area contributed by atoms with Gasteiger partial charge in [0.15, 0.2) is 0 Å². The van der Waals surface area contributed by atoms with E-state index in [9.17, 15) is 9.59 Å². The zero-order valence-electron chi connectivity index (χ0n) is 10.1. The number of carbonyl (C=O) groups excluding carboxylic acids is 1. The Kier molecular flexibility index (Phi) is 3.57. The van der Waals surface area contributed by atoms with Gasteiger partial charge in [-0.15, -0.1) is 0 Å². The van der Waals surface area contributed by atoms with Crippen molar-refractivity contribution in [3.05, 3.63) is 0 Å². The Bertz CT molecular complexity index is 296. The Hall–Kier alpha value is -1.10. The molecule has 0 spiro atoms. The number of amides is 1. The summed E-state index contributed by atoms with van der Waals surface area (Å²) in [5, 5.41) is 8.69. The van der Waals surface area contributed by atoms with Crippen LogP contribution in [0.1, 0.15) is 27.2 Å². The third-order valence-electron chi connectivity index (χ3n) is 3.17. The number of rotatable bonds is 3. The largest absolute Gasteiger partial charge is 0.480 e. The van der Waals surface area contributed by atoms with Crippen LogP contribution in [0.5, 0.6) is 0 Å². The number of aliphatic carboxylic acids is 1. The zero-order valence-corrected chi connectivity index (χ0v) is 10.1. The van der Waals surface area contributed by atoms with Crippen LogP contribution in [-0.4, -0.2) is 41.0 Å². The van der Waals surface area contributed by atoms with E-state index in [4.69, 9.17) is 10.8 Å². The molecule has 5 heteroatoms. The Balaban J connectivity index is 2.59. The van der Waals surface area contributed by atoms with Crippen LogP contribution in [0, 0.1) is 11.3 Å². The van der Waals surface area contributed by atoms with Crippen LogP contribution in [0.2, 0.25) is 0 Å². The fourth-order valence-electron chi connectivity index (χ4n) is 1.84. The quantitative estimate of drug-likeness (QED) is 0.727. The van der Waals surface area contributed by atoms with Gasteiger partial charge in [0.25, 0.3) is 0 Å². The summed E-state index contributed by atoms with van der Waals surface area (Å²) in [5.74, 6) is -0.773. The van der Waals surface area contributed by atoms with Gasteiger partial charge in [-0.1, -0.05) is 20.8 Å². The summed E-state index contributed by atoms with van der Waals surface area (Å²) in [7, 11) is 0. The third kappa shape index (κ3) is 2.95. The van der Waals surface area contributed by atoms with E-state index in [0.29, 0.717) is 13.0 Å². The number of hydrogen-bond acceptors (Lipinski definition) is 3. The minimum atomic E-state index is -1.06. The van der Waals surface area contributed by atoms with Crippen LogP contribution in [0.4, 0.5) is 0 Å². The number of hydrogen-bond donors (Lipinski definition) is 2. The second-order valence-electron chi connectivity index (χ2n) is 5.51. The van der Waals surface area contributed by atoms with Crippen molar-refractivity contribution in [1.82, 2.24) is 4.90 Å². The molecule has 1 saturated heterocycles. The molecule has 0 radical (unpaired) electrons. The van der Waals surface area contributed by atoms with Crippen molar-refractivity contribution >= 4 is 11.9 Å².